The van der Waals surface area contributed by atoms with Gasteiger partial charge < -0.3 is 30.2 Å². The molecule has 3 amide bonds. The monoisotopic (exact) mass is 381 g/mol. The van der Waals surface area contributed by atoms with Gasteiger partial charge in [-0.3, -0.25) is 0 Å². The van der Waals surface area contributed by atoms with Gasteiger partial charge in [0.2, 0.25) is 0 Å². The van der Waals surface area contributed by atoms with Gasteiger partial charge in [0.1, 0.15) is 0 Å². The van der Waals surface area contributed by atoms with Crippen molar-refractivity contribution in [2.24, 2.45) is 5.92 Å². The van der Waals surface area contributed by atoms with Crippen LogP contribution in [0.3, 0.4) is 0 Å². The van der Waals surface area contributed by atoms with Crippen molar-refractivity contribution in [3.8, 4) is 11.5 Å². The number of urea groups is 1. The van der Waals surface area contributed by atoms with Gasteiger partial charge in [0, 0.05) is 19.1 Å². The number of nitrogens with one attached hydrogen (secondary N) is 3. The van der Waals surface area contributed by atoms with E-state index >= 15 is 0 Å². The summed E-state index contributed by atoms with van der Waals surface area (Å²) in [5.41, 5.74) is 0.881. The minimum absolute atomic E-state index is 0.198. The summed E-state index contributed by atoms with van der Waals surface area (Å²) >= 11 is 0. The van der Waals surface area contributed by atoms with E-state index in [1.165, 1.54) is 0 Å². The Hall–Kier alpha value is -2.64. The van der Waals surface area contributed by atoms with Gasteiger partial charge in [-0.15, -0.1) is 0 Å². The molecule has 0 aliphatic carbocycles. The first kappa shape index (κ1) is 22.4. The molecule has 0 saturated carbocycles. The molecule has 1 aromatic carbocycles. The molecule has 27 heavy (non-hydrogen) atoms. The van der Waals surface area contributed by atoms with Crippen LogP contribution in [0.5, 0.6) is 11.5 Å². The highest BCUT2D eigenvalue weighted by atomic mass is 16.5. The van der Waals surface area contributed by atoms with Gasteiger partial charge in [-0.1, -0.05) is 19.9 Å². The van der Waals surface area contributed by atoms with E-state index in [0.717, 1.165) is 12.0 Å². The minimum Gasteiger partial charge on any atom is -0.493 e. The lowest BCUT2D eigenvalue weighted by Gasteiger charge is -2.21. The van der Waals surface area contributed by atoms with E-state index in [4.69, 9.17) is 14.2 Å². The number of alkyl carbamates (subject to hydrolysis) is 1. The molecule has 152 valence electrons. The van der Waals surface area contributed by atoms with Crippen molar-refractivity contribution >= 4 is 12.1 Å². The fourth-order valence-electron chi connectivity index (χ4n) is 2.55. The zero-order valence-corrected chi connectivity index (χ0v) is 16.8. The van der Waals surface area contributed by atoms with Crippen molar-refractivity contribution in [2.75, 3.05) is 27.4 Å². The number of methoxy groups -OCH3 is 2. The van der Waals surface area contributed by atoms with Gasteiger partial charge >= 0.3 is 12.1 Å². The predicted octanol–water partition coefficient (Wildman–Crippen LogP) is 2.66. The van der Waals surface area contributed by atoms with Crippen molar-refractivity contribution in [2.45, 2.75) is 39.8 Å². The van der Waals surface area contributed by atoms with Crippen molar-refractivity contribution in [1.29, 1.82) is 0 Å². The van der Waals surface area contributed by atoms with E-state index in [0.29, 0.717) is 37.1 Å². The van der Waals surface area contributed by atoms with E-state index in [9.17, 15) is 9.59 Å². The normalized spacial score (nSPS) is 11.5. The van der Waals surface area contributed by atoms with E-state index < -0.39 is 6.09 Å². The van der Waals surface area contributed by atoms with Crippen LogP contribution in [0.15, 0.2) is 18.2 Å². The van der Waals surface area contributed by atoms with Crippen molar-refractivity contribution in [1.82, 2.24) is 16.0 Å². The van der Waals surface area contributed by atoms with Gasteiger partial charge in [-0.2, -0.15) is 0 Å². The van der Waals surface area contributed by atoms with Crippen LogP contribution in [0.4, 0.5) is 9.59 Å². The molecule has 3 N–H and O–H groups in total. The van der Waals surface area contributed by atoms with Crippen LogP contribution >= 0.6 is 0 Å². The zero-order chi connectivity index (χ0) is 20.2. The Balaban J connectivity index is 2.50. The Morgan fingerprint density at radius 2 is 1.78 bits per heavy atom. The second kappa shape index (κ2) is 11.9. The van der Waals surface area contributed by atoms with Gasteiger partial charge in [-0.05, 0) is 37.0 Å². The predicted molar refractivity (Wildman–Crippen MR) is 103 cm³/mol. The first-order valence-corrected chi connectivity index (χ1v) is 9.05. The molecule has 0 saturated heterocycles. The average Bonchev–Trinajstić information content (AvgIpc) is 2.63. The van der Waals surface area contributed by atoms with Crippen LogP contribution in [0.1, 0.15) is 32.8 Å². The lowest BCUT2D eigenvalue weighted by atomic mass is 10.0. The summed E-state index contributed by atoms with van der Waals surface area (Å²) in [4.78, 5) is 23.7. The van der Waals surface area contributed by atoms with Crippen LogP contribution in [0.25, 0.3) is 0 Å². The maximum absolute atomic E-state index is 12.1. The number of ether oxygens (including phenoxy) is 3. The van der Waals surface area contributed by atoms with Crippen molar-refractivity contribution in [3.63, 3.8) is 0 Å². The SMILES string of the molecule is CCOC(=O)NC(CNC(=O)NCc1ccc(OC)c(OC)c1)CC(C)C. The highest BCUT2D eigenvalue weighted by Gasteiger charge is 2.16. The van der Waals surface area contributed by atoms with Crippen molar-refractivity contribution in [3.05, 3.63) is 23.8 Å². The molecule has 8 heteroatoms. The third-order valence-electron chi connectivity index (χ3n) is 3.76. The van der Waals surface area contributed by atoms with Crippen molar-refractivity contribution < 1.29 is 23.8 Å². The van der Waals surface area contributed by atoms with Crippen LogP contribution < -0.4 is 25.4 Å². The topological polar surface area (TPSA) is 97.9 Å². The fourth-order valence-corrected chi connectivity index (χ4v) is 2.55. The molecule has 0 radical (unpaired) electrons. The van der Waals surface area contributed by atoms with Crippen LogP contribution in [-0.2, 0) is 11.3 Å². The minimum atomic E-state index is -0.476. The number of hydrogen-bond donors (Lipinski definition) is 3. The first-order chi connectivity index (χ1) is 12.9. The number of carbonyl (C=O) groups is 2. The third-order valence-corrected chi connectivity index (χ3v) is 3.76. The molecule has 0 aliphatic heterocycles. The molecular formula is C19H31N3O5. The lowest BCUT2D eigenvalue weighted by Crippen LogP contribution is -2.47. The molecule has 0 bridgehead atoms. The maximum atomic E-state index is 12.1. The Morgan fingerprint density at radius 3 is 2.37 bits per heavy atom. The van der Waals surface area contributed by atoms with E-state index in [2.05, 4.69) is 29.8 Å². The largest absolute Gasteiger partial charge is 0.493 e. The Kier molecular flexibility index (Phi) is 9.85. The second-order valence-corrected chi connectivity index (χ2v) is 6.44. The second-order valence-electron chi connectivity index (χ2n) is 6.44. The van der Waals surface area contributed by atoms with E-state index in [1.54, 1.807) is 27.2 Å². The summed E-state index contributed by atoms with van der Waals surface area (Å²) < 4.78 is 15.4. The molecule has 1 rings (SSSR count). The standard InChI is InChI=1S/C19H31N3O5/c1-6-27-19(24)22-15(9-13(2)3)12-21-18(23)20-11-14-7-8-16(25-4)17(10-14)26-5/h7-8,10,13,15H,6,9,11-12H2,1-5H3,(H,22,24)(H2,20,21,23). The summed E-state index contributed by atoms with van der Waals surface area (Å²) in [6.45, 7) is 6.81. The molecule has 1 aromatic rings. The Morgan fingerprint density at radius 1 is 1.07 bits per heavy atom. The van der Waals surface area contributed by atoms with Gasteiger partial charge in [-0.25, -0.2) is 9.59 Å². The summed E-state index contributed by atoms with van der Waals surface area (Å²) in [5, 5.41) is 8.34. The highest BCUT2D eigenvalue weighted by molar-refractivity contribution is 5.74. The maximum Gasteiger partial charge on any atom is 0.407 e. The van der Waals surface area contributed by atoms with Gasteiger partial charge in [0.05, 0.1) is 20.8 Å². The first-order valence-electron chi connectivity index (χ1n) is 9.05. The molecular weight excluding hydrogens is 350 g/mol. The van der Waals surface area contributed by atoms with Crippen LogP contribution in [-0.4, -0.2) is 45.5 Å². The Bertz CT molecular complexity index is 607. The molecule has 8 nitrogen and oxygen atoms in total. The average molecular weight is 381 g/mol. The molecule has 1 unspecified atom stereocenters. The number of benzene rings is 1. The molecule has 0 aliphatic rings. The molecule has 0 heterocycles. The third kappa shape index (κ3) is 8.52. The summed E-state index contributed by atoms with van der Waals surface area (Å²) in [7, 11) is 3.13. The quantitative estimate of drug-likeness (QED) is 0.579. The highest BCUT2D eigenvalue weighted by Crippen LogP contribution is 2.27. The molecule has 0 fully saturated rings. The number of rotatable bonds is 10. The van der Waals surface area contributed by atoms with Crippen LogP contribution in [0.2, 0.25) is 0 Å². The fraction of sp³-hybridized carbons (Fsp3) is 0.579. The van der Waals surface area contributed by atoms with E-state index in [-0.39, 0.29) is 12.1 Å². The molecule has 0 spiro atoms. The number of amides is 3. The summed E-state index contributed by atoms with van der Waals surface area (Å²) in [6, 6.07) is 4.93. The summed E-state index contributed by atoms with van der Waals surface area (Å²) in [6.07, 6.45) is 0.255. The van der Waals surface area contributed by atoms with Crippen LogP contribution in [0, 0.1) is 5.92 Å². The number of hydrogen-bond acceptors (Lipinski definition) is 5. The zero-order valence-electron chi connectivity index (χ0n) is 16.8. The van der Waals surface area contributed by atoms with Gasteiger partial charge in [0.15, 0.2) is 11.5 Å². The lowest BCUT2D eigenvalue weighted by molar-refractivity contribution is 0.146. The number of carbonyl (C=O) groups excluding carboxylic acids is 2. The van der Waals surface area contributed by atoms with E-state index in [1.807, 2.05) is 12.1 Å². The summed E-state index contributed by atoms with van der Waals surface area (Å²) in [5.74, 6) is 1.61. The Labute approximate surface area is 160 Å². The van der Waals surface area contributed by atoms with Gasteiger partial charge in [0.25, 0.3) is 0 Å². The smallest absolute Gasteiger partial charge is 0.407 e. The molecule has 0 aromatic heterocycles. The molecule has 1 atom stereocenters.